The Morgan fingerprint density at radius 3 is 2.55 bits per heavy atom. The minimum atomic E-state index is -3.84. The molecule has 2 N–H and O–H groups in total. The van der Waals surface area contributed by atoms with Crippen molar-refractivity contribution in [2.24, 2.45) is 11.8 Å². The number of aromatic nitrogens is 4. The molecular formula is C28H31N5O6S. The van der Waals surface area contributed by atoms with Crippen LogP contribution in [0.4, 0.5) is 4.79 Å². The lowest BCUT2D eigenvalue weighted by atomic mass is 9.82. The average molecular weight is 566 g/mol. The maximum absolute atomic E-state index is 13.3. The van der Waals surface area contributed by atoms with Crippen LogP contribution in [0.15, 0.2) is 53.7 Å². The molecule has 0 saturated heterocycles. The highest BCUT2D eigenvalue weighted by atomic mass is 32.2. The number of ether oxygens (including phenoxy) is 2. The quantitative estimate of drug-likeness (QED) is 0.298. The maximum Gasteiger partial charge on any atom is 0.407 e. The molecule has 12 heteroatoms. The summed E-state index contributed by atoms with van der Waals surface area (Å²) in [6, 6.07) is 9.86. The molecule has 0 radical (unpaired) electrons. The van der Waals surface area contributed by atoms with Gasteiger partial charge in [-0.25, -0.2) is 27.2 Å². The topological polar surface area (TPSA) is 145 Å². The van der Waals surface area contributed by atoms with Gasteiger partial charge < -0.3 is 19.8 Å². The van der Waals surface area contributed by atoms with Gasteiger partial charge in [-0.2, -0.15) is 0 Å². The van der Waals surface area contributed by atoms with Gasteiger partial charge in [0.2, 0.25) is 0 Å². The van der Waals surface area contributed by atoms with Gasteiger partial charge in [-0.05, 0) is 62.6 Å². The molecule has 1 unspecified atom stereocenters. The minimum Gasteiger partial charge on any atom is -0.454 e. The van der Waals surface area contributed by atoms with Crippen LogP contribution in [-0.2, 0) is 24.3 Å². The third-order valence-electron chi connectivity index (χ3n) is 7.68. The van der Waals surface area contributed by atoms with Gasteiger partial charge in [0.15, 0.2) is 11.8 Å². The fourth-order valence-electron chi connectivity index (χ4n) is 5.39. The molecule has 210 valence electrons. The van der Waals surface area contributed by atoms with E-state index < -0.39 is 22.1 Å². The molecule has 3 aromatic heterocycles. The third-order valence-corrected chi connectivity index (χ3v) is 9.36. The average Bonchev–Trinajstić information content (AvgIpc) is 3.50. The Bertz CT molecular complexity index is 1650. The number of fused-ring (bicyclic) bond motifs is 3. The van der Waals surface area contributed by atoms with E-state index in [1.807, 2.05) is 0 Å². The van der Waals surface area contributed by atoms with Crippen molar-refractivity contribution in [2.45, 2.75) is 62.5 Å². The number of imidazole rings is 1. The number of rotatable bonds is 8. The van der Waals surface area contributed by atoms with E-state index in [1.54, 1.807) is 30.5 Å². The molecule has 11 nitrogen and oxygen atoms in total. The number of H-pyrrole nitrogens is 1. The molecule has 2 saturated carbocycles. The second-order valence-electron chi connectivity index (χ2n) is 10.6. The Labute approximate surface area is 231 Å². The standard InChI is InChI=1S/C28H31N5O6S/c1-17(34)39-25(19-9-11-20(12-10-19)30-28(35)38-16-18-7-8-18)26-31-23-15-29-27-22(24(23)32-26)13-14-33(27)40(36,37)21-5-3-2-4-6-21/h2-6,13-15,18-20,25H,7-12,16H2,1H3,(H,30,35)(H,31,32). The molecule has 40 heavy (non-hydrogen) atoms. The monoisotopic (exact) mass is 565 g/mol. The molecule has 1 aromatic carbocycles. The van der Waals surface area contributed by atoms with Crippen molar-refractivity contribution in [3.8, 4) is 0 Å². The van der Waals surface area contributed by atoms with Crippen LogP contribution in [0.2, 0.25) is 0 Å². The first-order valence-corrected chi connectivity index (χ1v) is 15.0. The number of pyridine rings is 1. The van der Waals surface area contributed by atoms with Gasteiger partial charge >= 0.3 is 12.1 Å². The van der Waals surface area contributed by atoms with E-state index in [0.717, 1.165) is 42.5 Å². The predicted octanol–water partition coefficient (Wildman–Crippen LogP) is 4.45. The van der Waals surface area contributed by atoms with E-state index >= 15 is 0 Å². The van der Waals surface area contributed by atoms with Gasteiger partial charge in [0.1, 0.15) is 11.3 Å². The van der Waals surface area contributed by atoms with E-state index in [2.05, 4.69) is 15.3 Å². The molecule has 0 aliphatic heterocycles. The lowest BCUT2D eigenvalue weighted by molar-refractivity contribution is -0.151. The largest absolute Gasteiger partial charge is 0.454 e. The van der Waals surface area contributed by atoms with Crippen LogP contribution in [0.1, 0.15) is 57.4 Å². The first-order chi connectivity index (χ1) is 19.3. The number of hydrogen-bond donors (Lipinski definition) is 2. The lowest BCUT2D eigenvalue weighted by Crippen LogP contribution is -2.39. The molecule has 2 aliphatic rings. The summed E-state index contributed by atoms with van der Waals surface area (Å²) in [6.45, 7) is 1.85. The van der Waals surface area contributed by atoms with E-state index in [1.165, 1.54) is 25.3 Å². The van der Waals surface area contributed by atoms with Crippen molar-refractivity contribution in [3.05, 3.63) is 54.6 Å². The Kier molecular flexibility index (Phi) is 6.95. The predicted molar refractivity (Wildman–Crippen MR) is 146 cm³/mol. The van der Waals surface area contributed by atoms with Crippen molar-refractivity contribution in [1.29, 1.82) is 0 Å². The van der Waals surface area contributed by atoms with Crippen LogP contribution in [0.3, 0.4) is 0 Å². The number of esters is 1. The van der Waals surface area contributed by atoms with Crippen LogP contribution in [0, 0.1) is 11.8 Å². The molecule has 6 rings (SSSR count). The number of carbonyl (C=O) groups is 2. The first kappa shape index (κ1) is 26.3. The summed E-state index contributed by atoms with van der Waals surface area (Å²) in [4.78, 5) is 36.8. The number of carbonyl (C=O) groups excluding carboxylic acids is 2. The van der Waals surface area contributed by atoms with Gasteiger partial charge in [0.05, 0.1) is 23.2 Å². The number of hydrogen-bond acceptors (Lipinski definition) is 8. The second kappa shape index (κ2) is 10.6. The Morgan fingerprint density at radius 1 is 1.10 bits per heavy atom. The van der Waals surface area contributed by atoms with Crippen molar-refractivity contribution in [2.75, 3.05) is 6.61 Å². The Morgan fingerprint density at radius 2 is 1.85 bits per heavy atom. The van der Waals surface area contributed by atoms with Crippen LogP contribution in [0.5, 0.6) is 0 Å². The molecule has 0 spiro atoms. The summed E-state index contributed by atoms with van der Waals surface area (Å²) in [5, 5.41) is 3.53. The van der Waals surface area contributed by atoms with Crippen LogP contribution < -0.4 is 5.32 Å². The van der Waals surface area contributed by atoms with Gasteiger partial charge in [-0.1, -0.05) is 18.2 Å². The van der Waals surface area contributed by atoms with E-state index in [-0.39, 0.29) is 28.6 Å². The number of nitrogens with one attached hydrogen (secondary N) is 2. The van der Waals surface area contributed by atoms with Gasteiger partial charge in [-0.15, -0.1) is 0 Å². The highest BCUT2D eigenvalue weighted by Crippen LogP contribution is 2.38. The van der Waals surface area contributed by atoms with Crippen LogP contribution in [-0.4, -0.2) is 52.1 Å². The summed E-state index contributed by atoms with van der Waals surface area (Å²) >= 11 is 0. The van der Waals surface area contributed by atoms with E-state index in [9.17, 15) is 18.0 Å². The highest BCUT2D eigenvalue weighted by molar-refractivity contribution is 7.90. The smallest absolute Gasteiger partial charge is 0.407 e. The number of amides is 1. The molecule has 3 heterocycles. The summed E-state index contributed by atoms with van der Waals surface area (Å²) in [5.74, 6) is 0.575. The molecule has 4 aromatic rings. The summed E-state index contributed by atoms with van der Waals surface area (Å²) in [6.07, 6.45) is 7.19. The number of alkyl carbamates (subject to hydrolysis) is 1. The minimum absolute atomic E-state index is 0.00324. The highest BCUT2D eigenvalue weighted by Gasteiger charge is 2.34. The number of nitrogens with zero attached hydrogens (tertiary/aromatic N) is 3. The zero-order chi connectivity index (χ0) is 27.9. The van der Waals surface area contributed by atoms with Crippen molar-refractivity contribution in [3.63, 3.8) is 0 Å². The number of aromatic amines is 1. The Balaban J connectivity index is 1.23. The fourth-order valence-corrected chi connectivity index (χ4v) is 6.71. The second-order valence-corrected chi connectivity index (χ2v) is 12.5. The third kappa shape index (κ3) is 5.27. The summed E-state index contributed by atoms with van der Waals surface area (Å²) < 4.78 is 38.7. The van der Waals surface area contributed by atoms with Crippen molar-refractivity contribution >= 4 is 44.2 Å². The molecule has 1 atom stereocenters. The van der Waals surface area contributed by atoms with Gasteiger partial charge in [-0.3, -0.25) is 4.79 Å². The Hall–Kier alpha value is -3.93. The first-order valence-electron chi connectivity index (χ1n) is 13.6. The summed E-state index contributed by atoms with van der Waals surface area (Å²) in [7, 11) is -3.84. The maximum atomic E-state index is 13.3. The van der Waals surface area contributed by atoms with Crippen LogP contribution in [0.25, 0.3) is 22.1 Å². The molecule has 0 bridgehead atoms. The zero-order valence-corrected chi connectivity index (χ0v) is 22.9. The SMILES string of the molecule is CC(=O)OC(c1nc2c(cnc3c2ccn3S(=O)(=O)c2ccccc2)[nH]1)C1CCC(NC(=O)OCC2CC2)CC1. The van der Waals surface area contributed by atoms with Crippen molar-refractivity contribution in [1.82, 2.24) is 24.2 Å². The van der Waals surface area contributed by atoms with Gasteiger partial charge in [0.25, 0.3) is 10.0 Å². The van der Waals surface area contributed by atoms with Crippen LogP contribution >= 0.6 is 0 Å². The zero-order valence-electron chi connectivity index (χ0n) is 22.1. The normalized spacial score (nSPS) is 20.3. The molecule has 2 fully saturated rings. The lowest BCUT2D eigenvalue weighted by Gasteiger charge is -2.32. The molecular weight excluding hydrogens is 534 g/mol. The fraction of sp³-hybridized carbons (Fsp3) is 0.429. The number of benzene rings is 1. The van der Waals surface area contributed by atoms with Crippen molar-refractivity contribution < 1.29 is 27.5 Å². The van der Waals surface area contributed by atoms with Gasteiger partial charge in [0, 0.05) is 30.5 Å². The van der Waals surface area contributed by atoms with E-state index in [4.69, 9.17) is 14.5 Å². The molecule has 1 amide bonds. The molecule has 2 aliphatic carbocycles. The summed E-state index contributed by atoms with van der Waals surface area (Å²) in [5.41, 5.74) is 1.43. The van der Waals surface area contributed by atoms with E-state index in [0.29, 0.717) is 34.8 Å².